The molecule has 1 aliphatic heterocycles. The molecule has 0 aliphatic carbocycles. The highest BCUT2D eigenvalue weighted by Crippen LogP contribution is 2.15. The van der Waals surface area contributed by atoms with Gasteiger partial charge in [0.25, 0.3) is 0 Å². The zero-order valence-electron chi connectivity index (χ0n) is 10.7. The predicted molar refractivity (Wildman–Crippen MR) is 68.9 cm³/mol. The summed E-state index contributed by atoms with van der Waals surface area (Å²) < 4.78 is 26.1. The van der Waals surface area contributed by atoms with E-state index in [2.05, 4.69) is 15.5 Å². The van der Waals surface area contributed by atoms with Crippen LogP contribution in [0.15, 0.2) is 18.2 Å². The SMILES string of the molecule is CN1CCNC(CC(=O)Nc2ccc(F)cc2F)C1. The number of piperazine rings is 1. The summed E-state index contributed by atoms with van der Waals surface area (Å²) in [6.07, 6.45) is 0.265. The number of nitrogens with one attached hydrogen (secondary N) is 2. The largest absolute Gasteiger partial charge is 0.324 e. The second-order valence-electron chi connectivity index (χ2n) is 4.79. The molecule has 4 nitrogen and oxygen atoms in total. The van der Waals surface area contributed by atoms with E-state index in [9.17, 15) is 13.6 Å². The molecular weight excluding hydrogens is 252 g/mol. The van der Waals surface area contributed by atoms with Crippen LogP contribution in [0.2, 0.25) is 0 Å². The Morgan fingerprint density at radius 1 is 1.53 bits per heavy atom. The van der Waals surface area contributed by atoms with Crippen molar-refractivity contribution in [2.24, 2.45) is 0 Å². The average molecular weight is 269 g/mol. The Balaban J connectivity index is 1.90. The molecule has 1 aromatic carbocycles. The van der Waals surface area contributed by atoms with Crippen LogP contribution < -0.4 is 10.6 Å². The van der Waals surface area contributed by atoms with Crippen molar-refractivity contribution in [2.45, 2.75) is 12.5 Å². The third kappa shape index (κ3) is 3.97. The lowest BCUT2D eigenvalue weighted by Crippen LogP contribution is -2.50. The molecule has 2 rings (SSSR count). The topological polar surface area (TPSA) is 44.4 Å². The van der Waals surface area contributed by atoms with Gasteiger partial charge in [-0.15, -0.1) is 0 Å². The second-order valence-corrected chi connectivity index (χ2v) is 4.79. The minimum atomic E-state index is -0.762. The molecule has 1 aromatic rings. The first-order valence-electron chi connectivity index (χ1n) is 6.21. The molecule has 0 radical (unpaired) electrons. The summed E-state index contributed by atoms with van der Waals surface area (Å²) in [5, 5.41) is 5.69. The smallest absolute Gasteiger partial charge is 0.226 e. The minimum Gasteiger partial charge on any atom is -0.324 e. The molecule has 6 heteroatoms. The van der Waals surface area contributed by atoms with Crippen LogP contribution in [0, 0.1) is 11.6 Å². The van der Waals surface area contributed by atoms with E-state index in [0.29, 0.717) is 0 Å². The number of amides is 1. The van der Waals surface area contributed by atoms with E-state index in [4.69, 9.17) is 0 Å². The number of nitrogens with zero attached hydrogens (tertiary/aromatic N) is 1. The third-order valence-electron chi connectivity index (χ3n) is 3.10. The van der Waals surface area contributed by atoms with Gasteiger partial charge in [0.1, 0.15) is 11.6 Å². The predicted octanol–water partition coefficient (Wildman–Crippen LogP) is 1.20. The number of hydrogen-bond donors (Lipinski definition) is 2. The zero-order chi connectivity index (χ0) is 13.8. The molecule has 0 spiro atoms. The van der Waals surface area contributed by atoms with Gasteiger partial charge in [-0.1, -0.05) is 0 Å². The van der Waals surface area contributed by atoms with Gasteiger partial charge in [0, 0.05) is 38.2 Å². The van der Waals surface area contributed by atoms with Gasteiger partial charge in [-0.2, -0.15) is 0 Å². The molecule has 2 N–H and O–H groups in total. The Labute approximate surface area is 110 Å². The minimum absolute atomic E-state index is 0.00978. The summed E-state index contributed by atoms with van der Waals surface area (Å²) in [6.45, 7) is 2.56. The van der Waals surface area contributed by atoms with E-state index < -0.39 is 11.6 Å². The fourth-order valence-corrected chi connectivity index (χ4v) is 2.14. The van der Waals surface area contributed by atoms with Crippen LogP contribution in [0.25, 0.3) is 0 Å². The number of carbonyl (C=O) groups is 1. The zero-order valence-corrected chi connectivity index (χ0v) is 10.7. The molecule has 1 aliphatic rings. The van der Waals surface area contributed by atoms with Gasteiger partial charge in [-0.3, -0.25) is 4.79 Å². The lowest BCUT2D eigenvalue weighted by atomic mass is 10.1. The van der Waals surface area contributed by atoms with E-state index in [1.165, 1.54) is 6.07 Å². The summed E-state index contributed by atoms with van der Waals surface area (Å²) in [7, 11) is 1.99. The number of rotatable bonds is 3. The van der Waals surface area contributed by atoms with E-state index in [0.717, 1.165) is 31.8 Å². The Morgan fingerprint density at radius 3 is 3.00 bits per heavy atom. The number of anilines is 1. The first kappa shape index (κ1) is 13.9. The van der Waals surface area contributed by atoms with Gasteiger partial charge in [-0.05, 0) is 19.2 Å². The third-order valence-corrected chi connectivity index (χ3v) is 3.10. The molecule has 1 heterocycles. The lowest BCUT2D eigenvalue weighted by Gasteiger charge is -2.30. The van der Waals surface area contributed by atoms with E-state index in [1.807, 2.05) is 7.05 Å². The van der Waals surface area contributed by atoms with Crippen molar-refractivity contribution in [1.82, 2.24) is 10.2 Å². The summed E-state index contributed by atoms with van der Waals surface area (Å²) in [5.41, 5.74) is 0.00978. The van der Waals surface area contributed by atoms with Gasteiger partial charge >= 0.3 is 0 Å². The van der Waals surface area contributed by atoms with Gasteiger partial charge in [0.15, 0.2) is 0 Å². The van der Waals surface area contributed by atoms with Crippen LogP contribution in [0.4, 0.5) is 14.5 Å². The van der Waals surface area contributed by atoms with Crippen LogP contribution in [0.5, 0.6) is 0 Å². The summed E-state index contributed by atoms with van der Waals surface area (Å²) in [5.74, 6) is -1.70. The first-order chi connectivity index (χ1) is 9.04. The van der Waals surface area contributed by atoms with E-state index in [-0.39, 0.29) is 24.1 Å². The van der Waals surface area contributed by atoms with Crippen LogP contribution >= 0.6 is 0 Å². The number of carbonyl (C=O) groups excluding carboxylic acids is 1. The lowest BCUT2D eigenvalue weighted by molar-refractivity contribution is -0.116. The fourth-order valence-electron chi connectivity index (χ4n) is 2.14. The van der Waals surface area contributed by atoms with Crippen molar-refractivity contribution in [3.05, 3.63) is 29.8 Å². The summed E-state index contributed by atoms with van der Waals surface area (Å²) in [4.78, 5) is 13.9. The maximum absolute atomic E-state index is 13.4. The Morgan fingerprint density at radius 2 is 2.32 bits per heavy atom. The van der Waals surface area contributed by atoms with E-state index in [1.54, 1.807) is 0 Å². The Bertz CT molecular complexity index is 467. The van der Waals surface area contributed by atoms with Crippen LogP contribution in [0.1, 0.15) is 6.42 Å². The Hall–Kier alpha value is -1.53. The second kappa shape index (κ2) is 6.08. The maximum Gasteiger partial charge on any atom is 0.226 e. The van der Waals surface area contributed by atoms with Crippen LogP contribution in [-0.4, -0.2) is 43.5 Å². The van der Waals surface area contributed by atoms with Crippen LogP contribution in [0.3, 0.4) is 0 Å². The molecule has 1 saturated heterocycles. The van der Waals surface area contributed by atoms with Crippen molar-refractivity contribution >= 4 is 11.6 Å². The molecule has 0 saturated carbocycles. The van der Waals surface area contributed by atoms with Gasteiger partial charge < -0.3 is 15.5 Å². The molecule has 1 fully saturated rings. The molecule has 19 heavy (non-hydrogen) atoms. The molecule has 1 unspecified atom stereocenters. The van der Waals surface area contributed by atoms with Gasteiger partial charge in [-0.25, -0.2) is 8.78 Å². The molecule has 104 valence electrons. The van der Waals surface area contributed by atoms with Gasteiger partial charge in [0.2, 0.25) is 5.91 Å². The number of halogens is 2. The molecule has 0 bridgehead atoms. The monoisotopic (exact) mass is 269 g/mol. The fraction of sp³-hybridized carbons (Fsp3) is 0.462. The first-order valence-corrected chi connectivity index (χ1v) is 6.21. The quantitative estimate of drug-likeness (QED) is 0.866. The number of likely N-dealkylation sites (N-methyl/N-ethyl adjacent to an activating group) is 1. The molecule has 1 atom stereocenters. The molecule has 0 aromatic heterocycles. The van der Waals surface area contributed by atoms with Crippen molar-refractivity contribution in [3.8, 4) is 0 Å². The highest BCUT2D eigenvalue weighted by Gasteiger charge is 2.19. The number of hydrogen-bond acceptors (Lipinski definition) is 3. The molecule has 1 amide bonds. The van der Waals surface area contributed by atoms with Crippen molar-refractivity contribution in [3.63, 3.8) is 0 Å². The average Bonchev–Trinajstić information content (AvgIpc) is 2.33. The molecular formula is C13H17F2N3O. The Kier molecular flexibility index (Phi) is 4.44. The van der Waals surface area contributed by atoms with Crippen molar-refractivity contribution in [2.75, 3.05) is 32.0 Å². The highest BCUT2D eigenvalue weighted by molar-refractivity contribution is 5.91. The van der Waals surface area contributed by atoms with E-state index >= 15 is 0 Å². The standard InChI is InChI=1S/C13H17F2N3O/c1-18-5-4-16-10(8-18)7-13(19)17-12-3-2-9(14)6-11(12)15/h2-3,6,10,16H,4-5,7-8H2,1H3,(H,17,19). The highest BCUT2D eigenvalue weighted by atomic mass is 19.1. The maximum atomic E-state index is 13.4. The van der Waals surface area contributed by atoms with Crippen LogP contribution in [-0.2, 0) is 4.79 Å². The normalized spacial score (nSPS) is 20.3. The summed E-state index contributed by atoms with van der Waals surface area (Å²) in [6, 6.07) is 3.15. The van der Waals surface area contributed by atoms with Crippen molar-refractivity contribution < 1.29 is 13.6 Å². The van der Waals surface area contributed by atoms with Crippen molar-refractivity contribution in [1.29, 1.82) is 0 Å². The van der Waals surface area contributed by atoms with Gasteiger partial charge in [0.05, 0.1) is 5.69 Å². The summed E-state index contributed by atoms with van der Waals surface area (Å²) >= 11 is 0. The number of benzene rings is 1.